The van der Waals surface area contributed by atoms with Crippen molar-refractivity contribution in [2.75, 3.05) is 13.2 Å². The maximum Gasteiger partial charge on any atom is 0.156 e. The molecule has 0 amide bonds. The van der Waals surface area contributed by atoms with Crippen molar-refractivity contribution in [3.63, 3.8) is 0 Å². The van der Waals surface area contributed by atoms with E-state index in [2.05, 4.69) is 24.8 Å². The van der Waals surface area contributed by atoms with Gasteiger partial charge in [0.1, 0.15) is 6.61 Å². The molecule has 0 heterocycles. The molecule has 1 atom stereocenters. The second-order valence-electron chi connectivity index (χ2n) is 3.65. The standard InChI is InChI=1S/C15H20O2/c1-4-14-9-6-7-10-15(14)11-8-12-17-13(3)16-5-2/h6-7,9-10,13H,4-5,12H2,1-3H3. The lowest BCUT2D eigenvalue weighted by Gasteiger charge is -2.09. The van der Waals surface area contributed by atoms with Crippen LogP contribution >= 0.6 is 0 Å². The molecule has 2 nitrogen and oxygen atoms in total. The maximum absolute atomic E-state index is 5.38. The van der Waals surface area contributed by atoms with Crippen LogP contribution in [0.1, 0.15) is 31.9 Å². The summed E-state index contributed by atoms with van der Waals surface area (Å²) in [5, 5.41) is 0. The van der Waals surface area contributed by atoms with Gasteiger partial charge in [0.2, 0.25) is 0 Å². The molecule has 1 unspecified atom stereocenters. The van der Waals surface area contributed by atoms with Crippen molar-refractivity contribution in [1.29, 1.82) is 0 Å². The molecule has 0 N–H and O–H groups in total. The summed E-state index contributed by atoms with van der Waals surface area (Å²) in [7, 11) is 0. The Kier molecular flexibility index (Phi) is 6.39. The number of ether oxygens (including phenoxy) is 2. The highest BCUT2D eigenvalue weighted by molar-refractivity contribution is 5.41. The van der Waals surface area contributed by atoms with Gasteiger partial charge in [0.15, 0.2) is 6.29 Å². The van der Waals surface area contributed by atoms with Crippen molar-refractivity contribution < 1.29 is 9.47 Å². The summed E-state index contributed by atoms with van der Waals surface area (Å²) in [5.74, 6) is 6.14. The van der Waals surface area contributed by atoms with E-state index in [4.69, 9.17) is 9.47 Å². The first-order chi connectivity index (χ1) is 8.27. The summed E-state index contributed by atoms with van der Waals surface area (Å²) in [4.78, 5) is 0. The van der Waals surface area contributed by atoms with Crippen molar-refractivity contribution in [2.45, 2.75) is 33.5 Å². The van der Waals surface area contributed by atoms with E-state index in [1.165, 1.54) is 5.56 Å². The fraction of sp³-hybridized carbons (Fsp3) is 0.467. The van der Waals surface area contributed by atoms with Gasteiger partial charge in [-0.05, 0) is 31.9 Å². The summed E-state index contributed by atoms with van der Waals surface area (Å²) in [6, 6.07) is 8.19. The molecule has 92 valence electrons. The normalized spacial score (nSPS) is 11.7. The molecule has 0 bridgehead atoms. The molecular formula is C15H20O2. The van der Waals surface area contributed by atoms with Crippen LogP contribution in [0.15, 0.2) is 24.3 Å². The zero-order valence-corrected chi connectivity index (χ0v) is 10.8. The summed E-state index contributed by atoms with van der Waals surface area (Å²) >= 11 is 0. The molecule has 0 aliphatic heterocycles. The lowest BCUT2D eigenvalue weighted by molar-refractivity contribution is -0.117. The second-order valence-corrected chi connectivity index (χ2v) is 3.65. The zero-order chi connectivity index (χ0) is 12.5. The molecule has 17 heavy (non-hydrogen) atoms. The summed E-state index contributed by atoms with van der Waals surface area (Å²) in [6.45, 7) is 7.02. The monoisotopic (exact) mass is 232 g/mol. The third-order valence-corrected chi connectivity index (χ3v) is 2.41. The Morgan fingerprint density at radius 2 is 1.94 bits per heavy atom. The van der Waals surface area contributed by atoms with Crippen molar-refractivity contribution in [1.82, 2.24) is 0 Å². The number of aryl methyl sites for hydroxylation is 1. The Balaban J connectivity index is 2.48. The van der Waals surface area contributed by atoms with E-state index in [-0.39, 0.29) is 6.29 Å². The predicted octanol–water partition coefficient (Wildman–Crippen LogP) is 3.00. The van der Waals surface area contributed by atoms with Gasteiger partial charge in [0, 0.05) is 12.2 Å². The van der Waals surface area contributed by atoms with Crippen LogP contribution in [-0.4, -0.2) is 19.5 Å². The lowest BCUT2D eigenvalue weighted by Crippen LogP contribution is -2.12. The Morgan fingerprint density at radius 1 is 1.18 bits per heavy atom. The van der Waals surface area contributed by atoms with Crippen LogP contribution in [-0.2, 0) is 15.9 Å². The molecule has 0 spiro atoms. The van der Waals surface area contributed by atoms with Crippen LogP contribution in [0.3, 0.4) is 0 Å². The van der Waals surface area contributed by atoms with Crippen LogP contribution in [0.25, 0.3) is 0 Å². The largest absolute Gasteiger partial charge is 0.353 e. The molecule has 0 aliphatic carbocycles. The number of hydrogen-bond acceptors (Lipinski definition) is 2. The van der Waals surface area contributed by atoms with Crippen molar-refractivity contribution >= 4 is 0 Å². The van der Waals surface area contributed by atoms with Crippen LogP contribution in [0, 0.1) is 11.8 Å². The highest BCUT2D eigenvalue weighted by Gasteiger charge is 1.97. The molecule has 0 aliphatic rings. The maximum atomic E-state index is 5.38. The zero-order valence-electron chi connectivity index (χ0n) is 10.8. The van der Waals surface area contributed by atoms with Crippen LogP contribution in [0.4, 0.5) is 0 Å². The highest BCUT2D eigenvalue weighted by atomic mass is 16.7. The van der Waals surface area contributed by atoms with E-state index in [0.29, 0.717) is 13.2 Å². The van der Waals surface area contributed by atoms with Crippen molar-refractivity contribution in [2.24, 2.45) is 0 Å². The van der Waals surface area contributed by atoms with Gasteiger partial charge in [-0.25, -0.2) is 0 Å². The molecule has 2 heteroatoms. The van der Waals surface area contributed by atoms with Gasteiger partial charge < -0.3 is 9.47 Å². The van der Waals surface area contributed by atoms with Gasteiger partial charge in [-0.1, -0.05) is 37.0 Å². The van der Waals surface area contributed by atoms with Gasteiger partial charge >= 0.3 is 0 Å². The van der Waals surface area contributed by atoms with Crippen LogP contribution < -0.4 is 0 Å². The molecule has 1 aromatic carbocycles. The molecule has 0 saturated carbocycles. The van der Waals surface area contributed by atoms with Gasteiger partial charge in [-0.2, -0.15) is 0 Å². The molecule has 0 aromatic heterocycles. The van der Waals surface area contributed by atoms with Gasteiger partial charge in [-0.15, -0.1) is 0 Å². The fourth-order valence-corrected chi connectivity index (χ4v) is 1.52. The van der Waals surface area contributed by atoms with E-state index in [0.717, 1.165) is 12.0 Å². The van der Waals surface area contributed by atoms with Crippen molar-refractivity contribution in [3.05, 3.63) is 35.4 Å². The topological polar surface area (TPSA) is 18.5 Å². The predicted molar refractivity (Wildman–Crippen MR) is 69.7 cm³/mol. The summed E-state index contributed by atoms with van der Waals surface area (Å²) in [6.07, 6.45) is 0.817. The molecule has 0 fully saturated rings. The second kappa shape index (κ2) is 7.89. The smallest absolute Gasteiger partial charge is 0.156 e. The summed E-state index contributed by atoms with van der Waals surface area (Å²) < 4.78 is 10.6. The Bertz CT molecular complexity index is 387. The minimum Gasteiger partial charge on any atom is -0.353 e. The third kappa shape index (κ3) is 5.04. The van der Waals surface area contributed by atoms with E-state index < -0.39 is 0 Å². The molecule has 1 rings (SSSR count). The van der Waals surface area contributed by atoms with E-state index in [1.54, 1.807) is 0 Å². The van der Waals surface area contributed by atoms with Gasteiger partial charge in [0.25, 0.3) is 0 Å². The Labute approximate surface area is 104 Å². The molecule has 1 aromatic rings. The number of hydrogen-bond donors (Lipinski definition) is 0. The first kappa shape index (κ1) is 13.8. The lowest BCUT2D eigenvalue weighted by atomic mass is 10.1. The van der Waals surface area contributed by atoms with Crippen LogP contribution in [0.5, 0.6) is 0 Å². The average Bonchev–Trinajstić information content (AvgIpc) is 2.35. The first-order valence-electron chi connectivity index (χ1n) is 6.07. The number of benzene rings is 1. The highest BCUT2D eigenvalue weighted by Crippen LogP contribution is 2.07. The number of rotatable bonds is 5. The van der Waals surface area contributed by atoms with Gasteiger partial charge in [0.05, 0.1) is 0 Å². The van der Waals surface area contributed by atoms with E-state index >= 15 is 0 Å². The quantitative estimate of drug-likeness (QED) is 0.574. The Hall–Kier alpha value is -1.30. The summed E-state index contributed by atoms with van der Waals surface area (Å²) in [5.41, 5.74) is 2.36. The fourth-order valence-electron chi connectivity index (χ4n) is 1.52. The average molecular weight is 232 g/mol. The minimum atomic E-state index is -0.185. The molecule has 0 saturated heterocycles. The SMILES string of the molecule is CCOC(C)OCC#Cc1ccccc1CC. The third-order valence-electron chi connectivity index (χ3n) is 2.41. The van der Waals surface area contributed by atoms with Crippen LogP contribution in [0.2, 0.25) is 0 Å². The Morgan fingerprint density at radius 3 is 2.65 bits per heavy atom. The van der Waals surface area contributed by atoms with E-state index in [1.807, 2.05) is 32.0 Å². The molecular weight excluding hydrogens is 212 g/mol. The first-order valence-corrected chi connectivity index (χ1v) is 6.07. The van der Waals surface area contributed by atoms with E-state index in [9.17, 15) is 0 Å². The molecule has 0 radical (unpaired) electrons. The van der Waals surface area contributed by atoms with Gasteiger partial charge in [-0.3, -0.25) is 0 Å². The van der Waals surface area contributed by atoms with Crippen molar-refractivity contribution in [3.8, 4) is 11.8 Å². The minimum absolute atomic E-state index is 0.185.